The van der Waals surface area contributed by atoms with E-state index in [-0.39, 0.29) is 4.90 Å². The highest BCUT2D eigenvalue weighted by molar-refractivity contribution is 7.90. The summed E-state index contributed by atoms with van der Waals surface area (Å²) in [6.45, 7) is 4.39. The van der Waals surface area contributed by atoms with Crippen LogP contribution in [0.15, 0.2) is 47.4 Å². The Balaban J connectivity index is 1.77. The number of nitrogens with one attached hydrogen (secondary N) is 2. The van der Waals surface area contributed by atoms with Gasteiger partial charge in [0, 0.05) is 0 Å². The van der Waals surface area contributed by atoms with Crippen molar-refractivity contribution in [2.45, 2.75) is 31.2 Å². The Kier molecular flexibility index (Phi) is 5.77. The van der Waals surface area contributed by atoms with Crippen molar-refractivity contribution in [3.8, 4) is 5.75 Å². The monoisotopic (exact) mass is 445 g/mol. The van der Waals surface area contributed by atoms with Gasteiger partial charge in [-0.3, -0.25) is 14.5 Å². The fourth-order valence-electron chi connectivity index (χ4n) is 3.33. The second-order valence-corrected chi connectivity index (χ2v) is 9.15. The molecule has 10 heteroatoms. The highest BCUT2D eigenvalue weighted by Gasteiger charge is 2.49. The van der Waals surface area contributed by atoms with Crippen LogP contribution in [-0.2, 0) is 25.2 Å². The number of carbonyl (C=O) groups excluding carboxylic acids is 3. The zero-order chi connectivity index (χ0) is 23.0. The SMILES string of the molecule is COc1ccc(C2(C)NC(=O)N(CC(=O)NS(=O)(=O)c3ccc(C)cc3)C2=O)cc1C. The molecule has 3 rings (SSSR count). The van der Waals surface area contributed by atoms with E-state index in [0.29, 0.717) is 16.2 Å². The van der Waals surface area contributed by atoms with Gasteiger partial charge in [0.2, 0.25) is 0 Å². The fraction of sp³-hybridized carbons (Fsp3) is 0.286. The number of ether oxygens (including phenoxy) is 1. The Bertz CT molecular complexity index is 1160. The van der Waals surface area contributed by atoms with E-state index in [1.165, 1.54) is 26.2 Å². The standard InChI is InChI=1S/C21H23N3O6S/c1-13-5-8-16(9-6-13)31(28,29)23-18(25)12-24-19(26)21(3,22-20(24)27)15-7-10-17(30-4)14(2)11-15/h5-11H,12H2,1-4H3,(H,22,27)(H,23,25). The molecule has 2 aromatic carbocycles. The highest BCUT2D eigenvalue weighted by atomic mass is 32.2. The number of benzene rings is 2. The van der Waals surface area contributed by atoms with Crippen molar-refractivity contribution in [2.75, 3.05) is 13.7 Å². The Morgan fingerprint density at radius 3 is 2.35 bits per heavy atom. The second kappa shape index (κ2) is 8.03. The number of rotatable bonds is 6. The maximum Gasteiger partial charge on any atom is 0.325 e. The number of methoxy groups -OCH3 is 1. The Hall–Kier alpha value is -3.40. The molecule has 9 nitrogen and oxygen atoms in total. The Morgan fingerprint density at radius 1 is 1.13 bits per heavy atom. The summed E-state index contributed by atoms with van der Waals surface area (Å²) in [4.78, 5) is 38.4. The second-order valence-electron chi connectivity index (χ2n) is 7.47. The molecular formula is C21H23N3O6S. The van der Waals surface area contributed by atoms with Crippen molar-refractivity contribution >= 4 is 27.9 Å². The van der Waals surface area contributed by atoms with Gasteiger partial charge >= 0.3 is 6.03 Å². The van der Waals surface area contributed by atoms with Gasteiger partial charge in [-0.15, -0.1) is 0 Å². The van der Waals surface area contributed by atoms with Crippen molar-refractivity contribution in [2.24, 2.45) is 0 Å². The van der Waals surface area contributed by atoms with Gasteiger partial charge in [-0.25, -0.2) is 17.9 Å². The molecule has 2 N–H and O–H groups in total. The van der Waals surface area contributed by atoms with Gasteiger partial charge in [-0.2, -0.15) is 0 Å². The first-order valence-electron chi connectivity index (χ1n) is 9.39. The number of carbonyl (C=O) groups is 3. The zero-order valence-corrected chi connectivity index (χ0v) is 18.4. The van der Waals surface area contributed by atoms with Gasteiger partial charge in [-0.1, -0.05) is 23.8 Å². The van der Waals surface area contributed by atoms with Gasteiger partial charge < -0.3 is 10.1 Å². The Morgan fingerprint density at radius 2 is 1.77 bits per heavy atom. The largest absolute Gasteiger partial charge is 0.496 e. The first-order valence-corrected chi connectivity index (χ1v) is 10.9. The molecule has 1 saturated heterocycles. The van der Waals surface area contributed by atoms with E-state index in [9.17, 15) is 22.8 Å². The maximum absolute atomic E-state index is 13.0. The number of nitrogens with zero attached hydrogens (tertiary/aromatic N) is 1. The lowest BCUT2D eigenvalue weighted by atomic mass is 9.90. The molecule has 1 heterocycles. The third kappa shape index (κ3) is 4.24. The number of amides is 4. The molecule has 31 heavy (non-hydrogen) atoms. The number of hydrogen-bond donors (Lipinski definition) is 2. The van der Waals surface area contributed by atoms with Crippen molar-refractivity contribution in [3.63, 3.8) is 0 Å². The third-order valence-electron chi connectivity index (χ3n) is 5.13. The lowest BCUT2D eigenvalue weighted by Crippen LogP contribution is -2.44. The third-order valence-corrected chi connectivity index (χ3v) is 6.52. The number of imide groups is 1. The van der Waals surface area contributed by atoms with Crippen LogP contribution in [0.4, 0.5) is 4.79 Å². The average Bonchev–Trinajstić information content (AvgIpc) is 2.92. The normalized spacial score (nSPS) is 18.6. The van der Waals surface area contributed by atoms with E-state index in [1.807, 2.05) is 4.72 Å². The van der Waals surface area contributed by atoms with Gasteiger partial charge in [0.15, 0.2) is 0 Å². The van der Waals surface area contributed by atoms with Crippen LogP contribution in [0.25, 0.3) is 0 Å². The smallest absolute Gasteiger partial charge is 0.325 e. The lowest BCUT2D eigenvalue weighted by Gasteiger charge is -2.23. The maximum atomic E-state index is 13.0. The number of urea groups is 1. The molecule has 0 spiro atoms. The molecule has 0 aliphatic carbocycles. The average molecular weight is 445 g/mol. The van der Waals surface area contributed by atoms with Crippen LogP contribution in [0.3, 0.4) is 0 Å². The summed E-state index contributed by atoms with van der Waals surface area (Å²) < 4.78 is 31.9. The van der Waals surface area contributed by atoms with Crippen molar-refractivity contribution in [1.82, 2.24) is 14.9 Å². The minimum atomic E-state index is -4.13. The topological polar surface area (TPSA) is 122 Å². The number of sulfonamides is 1. The molecule has 0 radical (unpaired) electrons. The summed E-state index contributed by atoms with van der Waals surface area (Å²) in [5, 5.41) is 2.58. The summed E-state index contributed by atoms with van der Waals surface area (Å²) in [5.41, 5.74) is 0.741. The van der Waals surface area contributed by atoms with Crippen LogP contribution in [0.2, 0.25) is 0 Å². The van der Waals surface area contributed by atoms with Crippen molar-refractivity contribution < 1.29 is 27.5 Å². The van der Waals surface area contributed by atoms with Crippen LogP contribution in [0.5, 0.6) is 5.75 Å². The van der Waals surface area contributed by atoms with Crippen LogP contribution in [-0.4, -0.2) is 44.8 Å². The summed E-state index contributed by atoms with van der Waals surface area (Å²) in [7, 11) is -2.61. The molecule has 1 fully saturated rings. The molecule has 1 atom stereocenters. The van der Waals surface area contributed by atoms with Gasteiger partial charge in [0.05, 0.1) is 12.0 Å². The van der Waals surface area contributed by atoms with E-state index in [0.717, 1.165) is 11.1 Å². The van der Waals surface area contributed by atoms with Crippen LogP contribution >= 0.6 is 0 Å². The van der Waals surface area contributed by atoms with E-state index in [2.05, 4.69) is 5.32 Å². The predicted octanol–water partition coefficient (Wildman–Crippen LogP) is 1.58. The summed E-state index contributed by atoms with van der Waals surface area (Å²) in [6, 6.07) is 10.2. The Labute approximate surface area is 180 Å². The van der Waals surface area contributed by atoms with E-state index in [1.54, 1.807) is 44.2 Å². The van der Waals surface area contributed by atoms with Gasteiger partial charge in [0.1, 0.15) is 17.8 Å². The van der Waals surface area contributed by atoms with Gasteiger partial charge in [-0.05, 0) is 56.2 Å². The first kappa shape index (κ1) is 22.3. The minimum absolute atomic E-state index is 0.0952. The van der Waals surface area contributed by atoms with Gasteiger partial charge in [0.25, 0.3) is 21.8 Å². The molecular weight excluding hydrogens is 422 g/mol. The summed E-state index contributed by atoms with van der Waals surface area (Å²) >= 11 is 0. The van der Waals surface area contributed by atoms with Crippen LogP contribution in [0, 0.1) is 13.8 Å². The molecule has 164 valence electrons. The summed E-state index contributed by atoms with van der Waals surface area (Å²) in [6.07, 6.45) is 0. The lowest BCUT2D eigenvalue weighted by molar-refractivity contribution is -0.134. The minimum Gasteiger partial charge on any atom is -0.496 e. The molecule has 0 aromatic heterocycles. The first-order chi connectivity index (χ1) is 14.5. The van der Waals surface area contributed by atoms with E-state index >= 15 is 0 Å². The van der Waals surface area contributed by atoms with Crippen molar-refractivity contribution in [3.05, 3.63) is 59.2 Å². The number of hydrogen-bond acceptors (Lipinski definition) is 6. The van der Waals surface area contributed by atoms with E-state index in [4.69, 9.17) is 4.74 Å². The molecule has 1 aliphatic heterocycles. The molecule has 0 bridgehead atoms. The van der Waals surface area contributed by atoms with Crippen molar-refractivity contribution in [1.29, 1.82) is 0 Å². The van der Waals surface area contributed by atoms with Crippen LogP contribution < -0.4 is 14.8 Å². The summed E-state index contributed by atoms with van der Waals surface area (Å²) in [5.74, 6) is -1.04. The predicted molar refractivity (Wildman–Crippen MR) is 112 cm³/mol. The molecule has 2 aromatic rings. The van der Waals surface area contributed by atoms with Crippen LogP contribution in [0.1, 0.15) is 23.6 Å². The fourth-order valence-corrected chi connectivity index (χ4v) is 4.30. The number of aryl methyl sites for hydroxylation is 2. The molecule has 4 amide bonds. The molecule has 1 aliphatic rings. The zero-order valence-electron chi connectivity index (χ0n) is 17.6. The quantitative estimate of drug-likeness (QED) is 0.651. The molecule has 0 saturated carbocycles. The van der Waals surface area contributed by atoms with E-state index < -0.39 is 40.0 Å². The molecule has 1 unspecified atom stereocenters. The highest BCUT2D eigenvalue weighted by Crippen LogP contribution is 2.31.